The van der Waals surface area contributed by atoms with E-state index in [2.05, 4.69) is 9.08 Å². The van der Waals surface area contributed by atoms with Crippen LogP contribution in [-0.2, 0) is 20.0 Å². The van der Waals surface area contributed by atoms with E-state index in [9.17, 15) is 8.42 Å². The number of rotatable bonds is 7. The van der Waals surface area contributed by atoms with Gasteiger partial charge in [-0.3, -0.25) is 9.02 Å². The fourth-order valence-corrected chi connectivity index (χ4v) is 1.97. The summed E-state index contributed by atoms with van der Waals surface area (Å²) in [5.41, 5.74) is 0. The Kier molecular flexibility index (Phi) is 6.90. The first kappa shape index (κ1) is 13.9. The van der Waals surface area contributed by atoms with Gasteiger partial charge in [0, 0.05) is 32.7 Å². The third-order valence-corrected chi connectivity index (χ3v) is 2.85. The molecule has 1 heterocycles. The van der Waals surface area contributed by atoms with Gasteiger partial charge in [-0.05, 0) is 13.3 Å². The molecule has 0 radical (unpaired) electrons. The van der Waals surface area contributed by atoms with E-state index in [0.29, 0.717) is 6.61 Å². The molecule has 0 saturated carbocycles. The van der Waals surface area contributed by atoms with E-state index >= 15 is 0 Å². The number of nitrogens with zero attached hydrogens (tertiary/aromatic N) is 2. The zero-order valence-corrected chi connectivity index (χ0v) is 10.5. The molecule has 1 rings (SSSR count). The van der Waals surface area contributed by atoms with Crippen molar-refractivity contribution in [2.45, 2.75) is 13.3 Å². The van der Waals surface area contributed by atoms with Gasteiger partial charge in [-0.2, -0.15) is 5.06 Å². The minimum atomic E-state index is -2.69. The van der Waals surface area contributed by atoms with Gasteiger partial charge in [-0.15, -0.1) is 0 Å². The standard InChI is InChI=1S/C9H20N2O4S/c1-2-14-11-7-5-10(6-8-11)4-3-9-15-16(12)13/h16H,2-9H2,1H3. The van der Waals surface area contributed by atoms with Crippen molar-refractivity contribution in [2.24, 2.45) is 0 Å². The van der Waals surface area contributed by atoms with Crippen LogP contribution >= 0.6 is 0 Å². The smallest absolute Gasteiger partial charge is 0.257 e. The van der Waals surface area contributed by atoms with Crippen molar-refractivity contribution >= 4 is 11.0 Å². The molecule has 1 fully saturated rings. The lowest BCUT2D eigenvalue weighted by atomic mass is 10.3. The maximum absolute atomic E-state index is 10.1. The summed E-state index contributed by atoms with van der Waals surface area (Å²) in [4.78, 5) is 7.68. The van der Waals surface area contributed by atoms with Gasteiger partial charge < -0.3 is 4.90 Å². The van der Waals surface area contributed by atoms with Crippen LogP contribution in [0.2, 0.25) is 0 Å². The molecule has 7 heteroatoms. The lowest BCUT2D eigenvalue weighted by Gasteiger charge is -2.33. The Bertz CT molecular complexity index is 244. The maximum Gasteiger partial charge on any atom is 0.257 e. The van der Waals surface area contributed by atoms with E-state index in [0.717, 1.165) is 39.1 Å². The fraction of sp³-hybridized carbons (Fsp3) is 1.00. The van der Waals surface area contributed by atoms with Gasteiger partial charge in [-0.25, -0.2) is 8.42 Å². The molecular formula is C9H20N2O4S. The van der Waals surface area contributed by atoms with Crippen LogP contribution < -0.4 is 0 Å². The Morgan fingerprint density at radius 3 is 2.44 bits per heavy atom. The first-order valence-electron chi connectivity index (χ1n) is 5.60. The summed E-state index contributed by atoms with van der Waals surface area (Å²) in [6, 6.07) is 0. The molecule has 96 valence electrons. The number of hydroxylamine groups is 2. The van der Waals surface area contributed by atoms with Gasteiger partial charge in [0.05, 0.1) is 13.2 Å². The highest BCUT2D eigenvalue weighted by atomic mass is 32.2. The molecule has 0 unspecified atom stereocenters. The van der Waals surface area contributed by atoms with Gasteiger partial charge in [-0.1, -0.05) is 0 Å². The van der Waals surface area contributed by atoms with Crippen LogP contribution in [0.25, 0.3) is 0 Å². The molecule has 0 aliphatic carbocycles. The van der Waals surface area contributed by atoms with E-state index < -0.39 is 11.0 Å². The number of hydrogen-bond donors (Lipinski definition) is 1. The lowest BCUT2D eigenvalue weighted by molar-refractivity contribution is -0.172. The van der Waals surface area contributed by atoms with E-state index in [1.165, 1.54) is 0 Å². The molecule has 0 aromatic rings. The lowest BCUT2D eigenvalue weighted by Crippen LogP contribution is -2.46. The Labute approximate surface area is 98.2 Å². The van der Waals surface area contributed by atoms with Crippen molar-refractivity contribution < 1.29 is 17.4 Å². The van der Waals surface area contributed by atoms with Gasteiger partial charge in [0.15, 0.2) is 0 Å². The van der Waals surface area contributed by atoms with Crippen LogP contribution in [0, 0.1) is 0 Å². The van der Waals surface area contributed by atoms with Gasteiger partial charge in [0.2, 0.25) is 0 Å². The normalized spacial score (nSPS) is 19.4. The summed E-state index contributed by atoms with van der Waals surface area (Å²) in [6.45, 7) is 7.59. The molecule has 0 aromatic carbocycles. The Morgan fingerprint density at radius 2 is 1.88 bits per heavy atom. The average Bonchev–Trinajstić information content (AvgIpc) is 2.27. The van der Waals surface area contributed by atoms with Gasteiger partial charge in [0.25, 0.3) is 11.0 Å². The van der Waals surface area contributed by atoms with Crippen LogP contribution in [0.5, 0.6) is 0 Å². The van der Waals surface area contributed by atoms with Gasteiger partial charge in [0.1, 0.15) is 0 Å². The highest BCUT2D eigenvalue weighted by Crippen LogP contribution is 2.02. The van der Waals surface area contributed by atoms with Crippen LogP contribution in [0.15, 0.2) is 0 Å². The summed E-state index contributed by atoms with van der Waals surface area (Å²) in [6.07, 6.45) is 0.748. The van der Waals surface area contributed by atoms with Crippen LogP contribution in [0.4, 0.5) is 0 Å². The minimum Gasteiger partial charge on any atom is -0.301 e. The predicted octanol–water partition coefficient (Wildman–Crippen LogP) is -0.511. The number of hydrogen-bond acceptors (Lipinski definition) is 6. The van der Waals surface area contributed by atoms with E-state index in [-0.39, 0.29) is 6.61 Å². The molecule has 1 saturated heterocycles. The molecule has 0 N–H and O–H groups in total. The molecule has 0 aromatic heterocycles. The van der Waals surface area contributed by atoms with E-state index in [4.69, 9.17) is 4.84 Å². The molecule has 0 amide bonds. The Balaban J connectivity index is 2.03. The third kappa shape index (κ3) is 5.76. The quantitative estimate of drug-likeness (QED) is 0.486. The average molecular weight is 252 g/mol. The van der Waals surface area contributed by atoms with Crippen molar-refractivity contribution in [3.63, 3.8) is 0 Å². The predicted molar refractivity (Wildman–Crippen MR) is 60.5 cm³/mol. The van der Waals surface area contributed by atoms with Crippen molar-refractivity contribution in [2.75, 3.05) is 45.9 Å². The zero-order chi connectivity index (χ0) is 11.8. The summed E-state index contributed by atoms with van der Waals surface area (Å²) >= 11 is 0. The second-order valence-corrected chi connectivity index (χ2v) is 4.30. The largest absolute Gasteiger partial charge is 0.301 e. The first-order chi connectivity index (χ1) is 7.72. The summed E-state index contributed by atoms with van der Waals surface area (Å²) in [7, 11) is -2.69. The molecule has 16 heavy (non-hydrogen) atoms. The second kappa shape index (κ2) is 7.97. The summed E-state index contributed by atoms with van der Waals surface area (Å²) in [5.74, 6) is 0. The number of thiol groups is 1. The Morgan fingerprint density at radius 1 is 1.19 bits per heavy atom. The molecule has 6 nitrogen and oxygen atoms in total. The maximum atomic E-state index is 10.1. The highest BCUT2D eigenvalue weighted by Gasteiger charge is 2.16. The SMILES string of the molecule is CCON1CCN(CCCO[SH](=O)=O)CC1. The van der Waals surface area contributed by atoms with Crippen LogP contribution in [0.1, 0.15) is 13.3 Å². The van der Waals surface area contributed by atoms with Crippen LogP contribution in [0.3, 0.4) is 0 Å². The fourth-order valence-electron chi connectivity index (χ4n) is 1.69. The van der Waals surface area contributed by atoms with Crippen molar-refractivity contribution in [3.8, 4) is 0 Å². The molecule has 1 aliphatic heterocycles. The topological polar surface area (TPSA) is 59.1 Å². The number of piperazine rings is 1. The Hall–Kier alpha value is -0.210. The summed E-state index contributed by atoms with van der Waals surface area (Å²) in [5, 5.41) is 1.97. The van der Waals surface area contributed by atoms with E-state index in [1.54, 1.807) is 0 Å². The molecule has 0 bridgehead atoms. The zero-order valence-electron chi connectivity index (χ0n) is 9.63. The second-order valence-electron chi connectivity index (χ2n) is 3.60. The first-order valence-corrected chi connectivity index (χ1v) is 6.69. The van der Waals surface area contributed by atoms with Crippen molar-refractivity contribution in [1.82, 2.24) is 9.96 Å². The molecule has 1 aliphatic rings. The monoisotopic (exact) mass is 252 g/mol. The third-order valence-electron chi connectivity index (χ3n) is 2.46. The minimum absolute atomic E-state index is 0.282. The molecule has 0 atom stereocenters. The highest BCUT2D eigenvalue weighted by molar-refractivity contribution is 7.67. The van der Waals surface area contributed by atoms with Crippen molar-refractivity contribution in [3.05, 3.63) is 0 Å². The summed E-state index contributed by atoms with van der Waals surface area (Å²) < 4.78 is 24.8. The van der Waals surface area contributed by atoms with Gasteiger partial charge >= 0.3 is 0 Å². The van der Waals surface area contributed by atoms with E-state index in [1.807, 2.05) is 12.0 Å². The van der Waals surface area contributed by atoms with Crippen molar-refractivity contribution in [1.29, 1.82) is 0 Å². The molecular weight excluding hydrogens is 232 g/mol. The molecule has 0 spiro atoms. The van der Waals surface area contributed by atoms with Crippen LogP contribution in [-0.4, -0.2) is 64.3 Å².